The number of benzene rings is 2. The Hall–Kier alpha value is -1.32. The molecule has 2 nitrogen and oxygen atoms in total. The summed E-state index contributed by atoms with van der Waals surface area (Å²) < 4.78 is 16.2. The van der Waals surface area contributed by atoms with Crippen LogP contribution < -0.4 is 0 Å². The highest BCUT2D eigenvalue weighted by molar-refractivity contribution is 7.94. The number of hydrogen-bond acceptors (Lipinski definition) is 2. The SMILES string of the molecule is O=S(=NCl)(c1ccccc1)c1ccccc1. The van der Waals surface area contributed by atoms with Crippen LogP contribution >= 0.6 is 11.8 Å². The fourth-order valence-electron chi connectivity index (χ4n) is 1.43. The van der Waals surface area contributed by atoms with E-state index in [1.807, 2.05) is 36.4 Å². The minimum Gasteiger partial charge on any atom is -0.238 e. The zero-order valence-corrected chi connectivity index (χ0v) is 9.99. The van der Waals surface area contributed by atoms with Crippen molar-refractivity contribution in [2.45, 2.75) is 9.79 Å². The van der Waals surface area contributed by atoms with Crippen LogP contribution in [0.15, 0.2) is 74.3 Å². The predicted octanol–water partition coefficient (Wildman–Crippen LogP) is 3.73. The fraction of sp³-hybridized carbons (Fsp3) is 0. The highest BCUT2D eigenvalue weighted by Crippen LogP contribution is 2.23. The minimum absolute atomic E-state index is 0.621. The number of halogens is 1. The van der Waals surface area contributed by atoms with Gasteiger partial charge in [0.1, 0.15) is 9.73 Å². The van der Waals surface area contributed by atoms with Gasteiger partial charge in [-0.2, -0.15) is 0 Å². The molecule has 4 heteroatoms. The van der Waals surface area contributed by atoms with Gasteiger partial charge in [-0.3, -0.25) is 0 Å². The molecule has 0 amide bonds. The van der Waals surface area contributed by atoms with Crippen LogP contribution in [0.4, 0.5) is 0 Å². The third-order valence-corrected chi connectivity index (χ3v) is 4.82. The quantitative estimate of drug-likeness (QED) is 0.800. The standard InChI is InChI=1S/C12H10ClNOS/c13-14-16(15,11-7-3-1-4-8-11)12-9-5-2-6-10-12/h1-10H. The first-order valence-electron chi connectivity index (χ1n) is 4.75. The summed E-state index contributed by atoms with van der Waals surface area (Å²) in [6.07, 6.45) is 0. The van der Waals surface area contributed by atoms with E-state index in [2.05, 4.69) is 3.88 Å². The van der Waals surface area contributed by atoms with E-state index >= 15 is 0 Å². The Bertz CT molecular complexity index is 529. The molecule has 0 radical (unpaired) electrons. The highest BCUT2D eigenvalue weighted by atomic mass is 35.5. The molecule has 2 aromatic rings. The molecule has 0 fully saturated rings. The van der Waals surface area contributed by atoms with Crippen molar-refractivity contribution in [3.05, 3.63) is 60.7 Å². The molecule has 2 rings (SSSR count). The summed E-state index contributed by atoms with van der Waals surface area (Å²) in [6.45, 7) is 0. The molecule has 0 saturated heterocycles. The normalized spacial score (nSPS) is 11.1. The van der Waals surface area contributed by atoms with Crippen LogP contribution in [0.3, 0.4) is 0 Å². The molecule has 0 spiro atoms. The van der Waals surface area contributed by atoms with Crippen molar-refractivity contribution in [2.24, 2.45) is 3.88 Å². The van der Waals surface area contributed by atoms with Gasteiger partial charge in [0, 0.05) is 11.8 Å². The summed E-state index contributed by atoms with van der Waals surface area (Å²) in [5.41, 5.74) is 0. The molecule has 0 unspecified atom stereocenters. The molecule has 0 aliphatic heterocycles. The maximum atomic E-state index is 12.7. The van der Waals surface area contributed by atoms with Crippen LogP contribution in [0, 0.1) is 0 Å². The molecule has 0 aliphatic carbocycles. The molecule has 0 saturated carbocycles. The largest absolute Gasteiger partial charge is 0.238 e. The first-order chi connectivity index (χ1) is 7.77. The Morgan fingerprint density at radius 2 is 1.19 bits per heavy atom. The van der Waals surface area contributed by atoms with Crippen LogP contribution in [0.1, 0.15) is 0 Å². The van der Waals surface area contributed by atoms with Crippen LogP contribution in [-0.2, 0) is 9.73 Å². The lowest BCUT2D eigenvalue weighted by Crippen LogP contribution is -2.00. The average molecular weight is 252 g/mol. The first kappa shape index (κ1) is 11.2. The average Bonchev–Trinajstić information content (AvgIpc) is 2.40. The second-order valence-electron chi connectivity index (χ2n) is 3.22. The van der Waals surface area contributed by atoms with Crippen molar-refractivity contribution in [3.8, 4) is 0 Å². The minimum atomic E-state index is -2.69. The van der Waals surface area contributed by atoms with Crippen LogP contribution in [0.5, 0.6) is 0 Å². The van der Waals surface area contributed by atoms with E-state index in [0.717, 1.165) is 0 Å². The van der Waals surface area contributed by atoms with Gasteiger partial charge in [-0.05, 0) is 24.3 Å². The second-order valence-corrected chi connectivity index (χ2v) is 5.77. The number of hydrogen-bond donors (Lipinski definition) is 0. The third kappa shape index (κ3) is 1.96. The molecule has 82 valence electrons. The summed E-state index contributed by atoms with van der Waals surface area (Å²) >= 11 is 5.53. The summed E-state index contributed by atoms with van der Waals surface area (Å²) in [4.78, 5) is 1.24. The third-order valence-electron chi connectivity index (χ3n) is 2.22. The highest BCUT2D eigenvalue weighted by Gasteiger charge is 2.14. The maximum absolute atomic E-state index is 12.7. The van der Waals surface area contributed by atoms with E-state index in [1.165, 1.54) is 0 Å². The van der Waals surface area contributed by atoms with E-state index in [4.69, 9.17) is 11.8 Å². The van der Waals surface area contributed by atoms with Gasteiger partial charge in [0.05, 0.1) is 9.79 Å². The zero-order chi connectivity index (χ0) is 11.4. The van der Waals surface area contributed by atoms with Crippen molar-refractivity contribution in [1.82, 2.24) is 0 Å². The predicted molar refractivity (Wildman–Crippen MR) is 65.8 cm³/mol. The van der Waals surface area contributed by atoms with Crippen LogP contribution in [0.25, 0.3) is 0 Å². The zero-order valence-electron chi connectivity index (χ0n) is 8.42. The fourth-order valence-corrected chi connectivity index (χ4v) is 3.39. The van der Waals surface area contributed by atoms with Crippen molar-refractivity contribution in [3.63, 3.8) is 0 Å². The molecule has 2 aromatic carbocycles. The van der Waals surface area contributed by atoms with Gasteiger partial charge in [-0.25, -0.2) is 4.21 Å². The Morgan fingerprint density at radius 3 is 1.50 bits per heavy atom. The Labute approximate surface area is 100 Å². The molecule has 0 heterocycles. The van der Waals surface area contributed by atoms with Gasteiger partial charge in [0.15, 0.2) is 0 Å². The molecule has 0 aromatic heterocycles. The van der Waals surface area contributed by atoms with Gasteiger partial charge in [0.2, 0.25) is 0 Å². The molecule has 0 atom stereocenters. The Morgan fingerprint density at radius 1 is 0.812 bits per heavy atom. The molecular formula is C12H10ClNOS. The van der Waals surface area contributed by atoms with Gasteiger partial charge in [-0.15, -0.1) is 3.88 Å². The van der Waals surface area contributed by atoms with E-state index in [1.54, 1.807) is 24.3 Å². The molecule has 0 N–H and O–H groups in total. The van der Waals surface area contributed by atoms with Crippen LogP contribution in [-0.4, -0.2) is 4.21 Å². The first-order valence-corrected chi connectivity index (χ1v) is 6.60. The van der Waals surface area contributed by atoms with Crippen LogP contribution in [0.2, 0.25) is 0 Å². The maximum Gasteiger partial charge on any atom is 0.120 e. The molecule has 0 bridgehead atoms. The smallest absolute Gasteiger partial charge is 0.120 e. The monoisotopic (exact) mass is 251 g/mol. The van der Waals surface area contributed by atoms with E-state index in [0.29, 0.717) is 9.79 Å². The number of nitrogens with zero attached hydrogens (tertiary/aromatic N) is 1. The van der Waals surface area contributed by atoms with Gasteiger partial charge < -0.3 is 0 Å². The lowest BCUT2D eigenvalue weighted by atomic mass is 10.4. The van der Waals surface area contributed by atoms with Crippen molar-refractivity contribution in [1.29, 1.82) is 0 Å². The lowest BCUT2D eigenvalue weighted by molar-refractivity contribution is 0.677. The summed E-state index contributed by atoms with van der Waals surface area (Å²) in [7, 11) is -2.69. The van der Waals surface area contributed by atoms with Gasteiger partial charge in [-0.1, -0.05) is 36.4 Å². The van der Waals surface area contributed by atoms with Gasteiger partial charge in [0.25, 0.3) is 0 Å². The van der Waals surface area contributed by atoms with Crippen molar-refractivity contribution >= 4 is 21.5 Å². The van der Waals surface area contributed by atoms with Crippen molar-refractivity contribution in [2.75, 3.05) is 0 Å². The summed E-state index contributed by atoms with van der Waals surface area (Å²) in [5, 5.41) is 0. The van der Waals surface area contributed by atoms with Crippen molar-refractivity contribution < 1.29 is 4.21 Å². The topological polar surface area (TPSA) is 29.4 Å². The van der Waals surface area contributed by atoms with E-state index in [9.17, 15) is 4.21 Å². The summed E-state index contributed by atoms with van der Waals surface area (Å²) in [6, 6.07) is 18.1. The van der Waals surface area contributed by atoms with E-state index < -0.39 is 9.73 Å². The van der Waals surface area contributed by atoms with E-state index in [-0.39, 0.29) is 0 Å². The summed E-state index contributed by atoms with van der Waals surface area (Å²) in [5.74, 6) is 0. The Balaban J connectivity index is 2.64. The number of rotatable bonds is 2. The molecule has 0 aliphatic rings. The van der Waals surface area contributed by atoms with Gasteiger partial charge >= 0.3 is 0 Å². The Kier molecular flexibility index (Phi) is 3.27. The second kappa shape index (κ2) is 4.68. The lowest BCUT2D eigenvalue weighted by Gasteiger charge is -2.07. The molecule has 16 heavy (non-hydrogen) atoms. The molecular weight excluding hydrogens is 242 g/mol.